The monoisotopic (exact) mass is 1200 g/mol. The van der Waals surface area contributed by atoms with Crippen LogP contribution in [-0.2, 0) is 14.3 Å². The number of aliphatic hydroxyl groups is 2. The molecule has 0 heterocycles. The van der Waals surface area contributed by atoms with Gasteiger partial charge in [-0.25, -0.2) is 0 Å². The molecule has 6 heteroatoms. The van der Waals surface area contributed by atoms with Crippen LogP contribution in [0.5, 0.6) is 0 Å². The summed E-state index contributed by atoms with van der Waals surface area (Å²) in [5, 5.41) is 23.4. The number of aliphatic hydroxyl groups excluding tert-OH is 2. The maximum Gasteiger partial charge on any atom is 0.305 e. The van der Waals surface area contributed by atoms with Crippen LogP contribution in [0.3, 0.4) is 0 Å². The summed E-state index contributed by atoms with van der Waals surface area (Å²) in [4.78, 5) is 24.7. The van der Waals surface area contributed by atoms with Crippen LogP contribution in [0.25, 0.3) is 0 Å². The van der Waals surface area contributed by atoms with Crippen LogP contribution in [-0.4, -0.2) is 47.4 Å². The Kier molecular flexibility index (Phi) is 73.3. The molecule has 504 valence electrons. The third-order valence-corrected chi connectivity index (χ3v) is 18.5. The Labute approximate surface area is 532 Å². The van der Waals surface area contributed by atoms with Crippen LogP contribution in [0.15, 0.2) is 24.3 Å². The van der Waals surface area contributed by atoms with E-state index < -0.39 is 12.1 Å². The summed E-state index contributed by atoms with van der Waals surface area (Å²) in [5.74, 6) is -0.0116. The van der Waals surface area contributed by atoms with Gasteiger partial charge in [0.1, 0.15) is 0 Å². The van der Waals surface area contributed by atoms with Crippen molar-refractivity contribution in [2.24, 2.45) is 0 Å². The lowest BCUT2D eigenvalue weighted by Crippen LogP contribution is -2.45. The molecule has 0 radical (unpaired) electrons. The van der Waals surface area contributed by atoms with Gasteiger partial charge in [-0.05, 0) is 77.0 Å². The zero-order valence-electron chi connectivity index (χ0n) is 57.9. The van der Waals surface area contributed by atoms with Crippen molar-refractivity contribution in [2.45, 2.75) is 456 Å². The van der Waals surface area contributed by atoms with Crippen LogP contribution in [0.4, 0.5) is 0 Å². The summed E-state index contributed by atoms with van der Waals surface area (Å²) < 4.78 is 5.51. The highest BCUT2D eigenvalue weighted by Gasteiger charge is 2.20. The fourth-order valence-electron chi connectivity index (χ4n) is 12.5. The second-order valence-electron chi connectivity index (χ2n) is 27.0. The van der Waals surface area contributed by atoms with Crippen LogP contribution >= 0.6 is 0 Å². The van der Waals surface area contributed by atoms with E-state index >= 15 is 0 Å². The van der Waals surface area contributed by atoms with Gasteiger partial charge in [0.15, 0.2) is 0 Å². The van der Waals surface area contributed by atoms with Gasteiger partial charge >= 0.3 is 5.97 Å². The number of nitrogens with one attached hydrogen (secondary N) is 1. The van der Waals surface area contributed by atoms with E-state index in [0.717, 1.165) is 44.9 Å². The van der Waals surface area contributed by atoms with Crippen LogP contribution in [0.2, 0.25) is 0 Å². The quantitative estimate of drug-likeness (QED) is 0.0320. The minimum atomic E-state index is -0.663. The van der Waals surface area contributed by atoms with Gasteiger partial charge in [-0.1, -0.05) is 378 Å². The summed E-state index contributed by atoms with van der Waals surface area (Å²) in [7, 11) is 0. The molecule has 0 aromatic carbocycles. The number of rotatable bonds is 74. The maximum atomic E-state index is 12.5. The van der Waals surface area contributed by atoms with Gasteiger partial charge in [-0.3, -0.25) is 9.59 Å². The topological polar surface area (TPSA) is 95.9 Å². The van der Waals surface area contributed by atoms with Gasteiger partial charge in [0.25, 0.3) is 0 Å². The van der Waals surface area contributed by atoms with Crippen molar-refractivity contribution in [3.8, 4) is 0 Å². The lowest BCUT2D eigenvalue weighted by molar-refractivity contribution is -0.143. The summed E-state index contributed by atoms with van der Waals surface area (Å²) in [6.45, 7) is 5.00. The molecular weight excluding hydrogens is 1040 g/mol. The van der Waals surface area contributed by atoms with Crippen molar-refractivity contribution in [3.63, 3.8) is 0 Å². The third-order valence-electron chi connectivity index (χ3n) is 18.5. The van der Waals surface area contributed by atoms with Gasteiger partial charge in [-0.2, -0.15) is 0 Å². The molecule has 0 spiro atoms. The van der Waals surface area contributed by atoms with Gasteiger partial charge in [0.2, 0.25) is 5.91 Å². The molecule has 0 rings (SSSR count). The molecule has 0 aliphatic rings. The maximum absolute atomic E-state index is 12.5. The second kappa shape index (κ2) is 74.8. The van der Waals surface area contributed by atoms with Crippen molar-refractivity contribution in [3.05, 3.63) is 24.3 Å². The number of carbonyl (C=O) groups excluding carboxylic acids is 2. The third kappa shape index (κ3) is 71.3. The fraction of sp³-hybridized carbons (Fsp3) is 0.924. The fourth-order valence-corrected chi connectivity index (χ4v) is 12.5. The highest BCUT2D eigenvalue weighted by atomic mass is 16.5. The molecule has 1 amide bonds. The average molecular weight is 1200 g/mol. The minimum Gasteiger partial charge on any atom is -0.466 e. The number of carbonyl (C=O) groups is 2. The van der Waals surface area contributed by atoms with E-state index in [2.05, 4.69) is 43.5 Å². The van der Waals surface area contributed by atoms with Gasteiger partial charge < -0.3 is 20.3 Å². The normalized spacial score (nSPS) is 12.6. The first kappa shape index (κ1) is 83.3. The summed E-state index contributed by atoms with van der Waals surface area (Å²) in [6.07, 6.45) is 95.5. The first-order valence-electron chi connectivity index (χ1n) is 39.1. The number of hydrogen-bond donors (Lipinski definition) is 3. The molecular formula is C79H153NO5. The number of esters is 1. The molecule has 0 saturated carbocycles. The molecule has 0 aliphatic heterocycles. The standard InChI is InChI=1S/C79H153NO5/c1-3-5-7-9-11-13-15-17-19-21-39-43-47-51-55-59-63-67-71-77(82)76(75-81)80-78(83)72-68-64-60-56-52-48-44-40-37-35-33-31-29-27-25-23-24-26-28-30-32-34-36-38-42-46-50-54-58-62-66-70-74-85-79(84)73-69-65-61-57-53-49-45-41-22-20-18-16-14-12-10-8-6-4-2/h20,22,26,28,76-77,81-82H,3-19,21,23-25,27,29-75H2,1-2H3,(H,80,83)/b22-20-,28-26-. The number of amides is 1. The molecule has 0 aromatic rings. The zero-order chi connectivity index (χ0) is 61.3. The summed E-state index contributed by atoms with van der Waals surface area (Å²) in [5.41, 5.74) is 0. The molecule has 0 bridgehead atoms. The van der Waals surface area contributed by atoms with E-state index in [1.165, 1.54) is 366 Å². The number of unbranched alkanes of at least 4 members (excludes halogenated alkanes) is 59. The minimum absolute atomic E-state index is 0.0163. The predicted molar refractivity (Wildman–Crippen MR) is 375 cm³/mol. The first-order chi connectivity index (χ1) is 42.0. The summed E-state index contributed by atoms with van der Waals surface area (Å²) in [6, 6.07) is -0.540. The Morgan fingerprint density at radius 3 is 0.835 bits per heavy atom. The number of allylic oxidation sites excluding steroid dienone is 4. The van der Waals surface area contributed by atoms with E-state index in [0.29, 0.717) is 25.9 Å². The highest BCUT2D eigenvalue weighted by Crippen LogP contribution is 2.20. The second-order valence-corrected chi connectivity index (χ2v) is 27.0. The molecule has 0 aliphatic carbocycles. The zero-order valence-corrected chi connectivity index (χ0v) is 57.9. The van der Waals surface area contributed by atoms with Gasteiger partial charge in [-0.15, -0.1) is 0 Å². The van der Waals surface area contributed by atoms with E-state index in [9.17, 15) is 19.8 Å². The van der Waals surface area contributed by atoms with Crippen molar-refractivity contribution >= 4 is 11.9 Å². The summed E-state index contributed by atoms with van der Waals surface area (Å²) >= 11 is 0. The smallest absolute Gasteiger partial charge is 0.305 e. The molecule has 0 saturated heterocycles. The molecule has 85 heavy (non-hydrogen) atoms. The molecule has 2 atom stereocenters. The molecule has 3 N–H and O–H groups in total. The Hall–Kier alpha value is -1.66. The van der Waals surface area contributed by atoms with Crippen molar-refractivity contribution in [1.29, 1.82) is 0 Å². The Balaban J connectivity index is 3.34. The number of hydrogen-bond acceptors (Lipinski definition) is 5. The van der Waals surface area contributed by atoms with Crippen molar-refractivity contribution in [1.82, 2.24) is 5.32 Å². The molecule has 6 nitrogen and oxygen atoms in total. The van der Waals surface area contributed by atoms with E-state index in [1.54, 1.807) is 0 Å². The van der Waals surface area contributed by atoms with E-state index in [4.69, 9.17) is 4.74 Å². The first-order valence-corrected chi connectivity index (χ1v) is 39.1. The largest absolute Gasteiger partial charge is 0.466 e. The van der Waals surface area contributed by atoms with Crippen LogP contribution in [0, 0.1) is 0 Å². The van der Waals surface area contributed by atoms with Crippen molar-refractivity contribution in [2.75, 3.05) is 13.2 Å². The molecule has 2 unspecified atom stereocenters. The van der Waals surface area contributed by atoms with Crippen LogP contribution < -0.4 is 5.32 Å². The molecule has 0 fully saturated rings. The van der Waals surface area contributed by atoms with Crippen molar-refractivity contribution < 1.29 is 24.5 Å². The predicted octanol–water partition coefficient (Wildman–Crippen LogP) is 25.7. The SMILES string of the molecule is CCCCCCCCC/C=C\CCCCCCCCCC(=O)OCCCCCCCCCCCCCC/C=C\CCCCCCCCCCCCCCCCCCC(=O)NC(CO)C(O)CCCCCCCCCCCCCCCCCCCC. The van der Waals surface area contributed by atoms with Gasteiger partial charge in [0, 0.05) is 12.8 Å². The van der Waals surface area contributed by atoms with Crippen LogP contribution in [0.1, 0.15) is 444 Å². The van der Waals surface area contributed by atoms with E-state index in [-0.39, 0.29) is 18.5 Å². The lowest BCUT2D eigenvalue weighted by atomic mass is 10.0. The van der Waals surface area contributed by atoms with Gasteiger partial charge in [0.05, 0.1) is 25.4 Å². The highest BCUT2D eigenvalue weighted by molar-refractivity contribution is 5.76. The Morgan fingerprint density at radius 1 is 0.318 bits per heavy atom. The van der Waals surface area contributed by atoms with E-state index in [1.807, 2.05) is 0 Å². The number of ether oxygens (including phenoxy) is 1. The average Bonchev–Trinajstić information content (AvgIpc) is 3.51. The molecule has 0 aromatic heterocycles. The Morgan fingerprint density at radius 2 is 0.553 bits per heavy atom. The lowest BCUT2D eigenvalue weighted by Gasteiger charge is -2.22. The Bertz CT molecular complexity index is 1330.